The molecular weight excluding hydrogens is 790 g/mol. The van der Waals surface area contributed by atoms with Gasteiger partial charge in [-0.1, -0.05) is 56.3 Å². The first kappa shape index (κ1) is 49.3. The molecule has 1 saturated heterocycles. The first-order chi connectivity index (χ1) is 28.3. The molecule has 0 aromatic heterocycles. The summed E-state index contributed by atoms with van der Waals surface area (Å²) in [6, 6.07) is 7.74. The van der Waals surface area contributed by atoms with E-state index in [1.807, 2.05) is 0 Å². The van der Waals surface area contributed by atoms with Crippen LogP contribution in [0.4, 0.5) is 0 Å². The Balaban J connectivity index is 1.63. The predicted molar refractivity (Wildman–Crippen MR) is 211 cm³/mol. The second-order valence-corrected chi connectivity index (χ2v) is 14.9. The number of ether oxygens (including phenoxy) is 2. The second kappa shape index (κ2) is 23.6. The summed E-state index contributed by atoms with van der Waals surface area (Å²) in [5, 5.41) is 71.2. The van der Waals surface area contributed by atoms with Gasteiger partial charge in [-0.3, -0.25) is 34.1 Å². The van der Waals surface area contributed by atoms with E-state index in [2.05, 4.69) is 26.6 Å². The van der Waals surface area contributed by atoms with Crippen LogP contribution < -0.4 is 38.1 Å². The number of carbonyl (C=O) groups is 6. The molecular formula is C39H57N7O14. The second-order valence-electron chi connectivity index (χ2n) is 14.9. The average molecular weight is 848 g/mol. The predicted octanol–water partition coefficient (Wildman–Crippen LogP) is -4.71. The summed E-state index contributed by atoms with van der Waals surface area (Å²) in [6.45, 7) is 2.72. The van der Waals surface area contributed by atoms with E-state index in [9.17, 15) is 59.4 Å². The number of nitrogens with one attached hydrogen (secondary N) is 5. The first-order valence-corrected chi connectivity index (χ1v) is 19.3. The van der Waals surface area contributed by atoms with E-state index in [-0.39, 0.29) is 30.9 Å². The number of rotatable bonds is 21. The van der Waals surface area contributed by atoms with E-state index in [0.29, 0.717) is 11.1 Å². The number of aromatic hydroxyl groups is 1. The number of benzene rings is 2. The zero-order chi connectivity index (χ0) is 44.7. The number of hydrogen-bond acceptors (Lipinski definition) is 16. The van der Waals surface area contributed by atoms with Gasteiger partial charge in [0.25, 0.3) is 0 Å². The number of carbonyl (C=O) groups excluding carboxylic acids is 6. The molecule has 0 saturated carbocycles. The summed E-state index contributed by atoms with van der Waals surface area (Å²) < 4.78 is 10.5. The Kier molecular flexibility index (Phi) is 19.4. The minimum absolute atomic E-state index is 0.0241. The number of hydrogen-bond donors (Lipinski definition) is 13. The molecule has 1 aliphatic rings. The van der Waals surface area contributed by atoms with E-state index in [1.54, 1.807) is 56.3 Å². The molecule has 0 unspecified atom stereocenters. The molecule has 0 radical (unpaired) electrons. The molecule has 1 aliphatic heterocycles. The van der Waals surface area contributed by atoms with Crippen molar-refractivity contribution >= 4 is 35.4 Å². The van der Waals surface area contributed by atoms with Crippen LogP contribution in [-0.2, 0) is 51.1 Å². The van der Waals surface area contributed by atoms with Gasteiger partial charge in [0.15, 0.2) is 6.29 Å². The van der Waals surface area contributed by atoms with E-state index in [4.69, 9.17) is 20.9 Å². The fraction of sp³-hybridized carbons (Fsp3) is 0.538. The lowest BCUT2D eigenvalue weighted by Gasteiger charge is -2.39. The van der Waals surface area contributed by atoms with Gasteiger partial charge in [0.1, 0.15) is 54.3 Å². The summed E-state index contributed by atoms with van der Waals surface area (Å²) in [5.41, 5.74) is 13.2. The van der Waals surface area contributed by atoms with Crippen LogP contribution in [0, 0.1) is 5.92 Å². The normalized spacial score (nSPS) is 21.9. The molecule has 1 fully saturated rings. The number of aliphatic hydroxyl groups excluding tert-OH is 5. The fourth-order valence-corrected chi connectivity index (χ4v) is 5.98. The molecule has 0 spiro atoms. The number of aliphatic hydroxyl groups is 5. The Labute approximate surface area is 346 Å². The zero-order valence-electron chi connectivity index (χ0n) is 33.5. The van der Waals surface area contributed by atoms with Crippen molar-refractivity contribution in [1.29, 1.82) is 0 Å². The summed E-state index contributed by atoms with van der Waals surface area (Å²) in [6.07, 6.45) is -9.37. The highest BCUT2D eigenvalue weighted by Gasteiger charge is 2.44. The maximum atomic E-state index is 13.8. The van der Waals surface area contributed by atoms with E-state index in [1.165, 1.54) is 19.1 Å². The molecule has 2 aromatic carbocycles. The van der Waals surface area contributed by atoms with Gasteiger partial charge in [-0.15, -0.1) is 0 Å². The van der Waals surface area contributed by atoms with Crippen molar-refractivity contribution in [3.63, 3.8) is 0 Å². The highest BCUT2D eigenvalue weighted by molar-refractivity contribution is 6.02. The van der Waals surface area contributed by atoms with Gasteiger partial charge in [-0.2, -0.15) is 0 Å². The summed E-state index contributed by atoms with van der Waals surface area (Å²) in [7, 11) is 0. The Morgan fingerprint density at radius 3 is 1.97 bits per heavy atom. The summed E-state index contributed by atoms with van der Waals surface area (Å²) in [4.78, 5) is 79.1. The van der Waals surface area contributed by atoms with Gasteiger partial charge in [-0.05, 0) is 48.9 Å². The monoisotopic (exact) mass is 847 g/mol. The van der Waals surface area contributed by atoms with E-state index >= 15 is 0 Å². The number of phenols is 1. The van der Waals surface area contributed by atoms with E-state index < -0.39 is 122 Å². The quantitative estimate of drug-likeness (QED) is 0.0561. The van der Waals surface area contributed by atoms with Crippen molar-refractivity contribution in [2.24, 2.45) is 17.4 Å². The molecule has 15 N–H and O–H groups in total. The summed E-state index contributed by atoms with van der Waals surface area (Å²) in [5.74, 6) is -5.51. The maximum absolute atomic E-state index is 13.8. The van der Waals surface area contributed by atoms with Crippen molar-refractivity contribution in [1.82, 2.24) is 26.6 Å². The lowest BCUT2D eigenvalue weighted by Crippen LogP contribution is -2.60. The summed E-state index contributed by atoms with van der Waals surface area (Å²) >= 11 is 0. The molecule has 2 aromatic rings. The third-order valence-electron chi connectivity index (χ3n) is 9.36. The van der Waals surface area contributed by atoms with Crippen molar-refractivity contribution in [2.75, 3.05) is 19.8 Å². The van der Waals surface area contributed by atoms with Crippen molar-refractivity contribution < 1.29 is 68.9 Å². The Morgan fingerprint density at radius 1 is 0.733 bits per heavy atom. The molecule has 11 atom stereocenters. The van der Waals surface area contributed by atoms with Crippen LogP contribution in [0.3, 0.4) is 0 Å². The van der Waals surface area contributed by atoms with Crippen LogP contribution in [0.15, 0.2) is 54.6 Å². The molecule has 21 nitrogen and oxygen atoms in total. The number of phenolic OH excluding ortho intramolecular Hbond substituents is 1. The minimum atomic E-state index is -1.76. The van der Waals surface area contributed by atoms with Crippen molar-refractivity contribution in [3.8, 4) is 5.75 Å². The lowest BCUT2D eigenvalue weighted by molar-refractivity contribution is -0.301. The highest BCUT2D eigenvalue weighted by atomic mass is 16.7. The number of imide groups is 1. The zero-order valence-corrected chi connectivity index (χ0v) is 33.5. The third-order valence-corrected chi connectivity index (χ3v) is 9.36. The lowest BCUT2D eigenvalue weighted by atomic mass is 9.99. The van der Waals surface area contributed by atoms with Crippen molar-refractivity contribution in [3.05, 3.63) is 65.7 Å². The van der Waals surface area contributed by atoms with Gasteiger partial charge >= 0.3 is 0 Å². The molecule has 0 bridgehead atoms. The van der Waals surface area contributed by atoms with Crippen LogP contribution in [0.2, 0.25) is 0 Å². The van der Waals surface area contributed by atoms with Crippen LogP contribution in [0.5, 0.6) is 5.75 Å². The van der Waals surface area contributed by atoms with Crippen molar-refractivity contribution in [2.45, 2.75) is 107 Å². The fourth-order valence-electron chi connectivity index (χ4n) is 5.98. The smallest absolute Gasteiger partial charge is 0.249 e. The average Bonchev–Trinajstić information content (AvgIpc) is 3.20. The standard InChI is InChI=1S/C39H57N7O14/c1-19(2)13-26(37(57)46-35(55)25(41)18-59-39-33(53)32(52)31(51)28(17-47)60-39)44-36(56)27(15-21-7-5-4-6-8-21)43-29(50)16-42-38(58)30(20(3)48)45-34(54)24(40)14-22-9-11-23(49)12-10-22/h4-12,19-20,24-28,30-33,39,47-49,51-53H,13-18,40-41H2,1-3H3,(H,42,58)(H,43,50)(H,44,56)(H,45,54)(H,46,55,57)/t20-,24-,25-,26-,27-,28+,30+,31+,32-,33+,39+/m0/s1. The first-order valence-electron chi connectivity index (χ1n) is 19.3. The van der Waals surface area contributed by atoms with Crippen LogP contribution >= 0.6 is 0 Å². The van der Waals surface area contributed by atoms with Gasteiger partial charge < -0.3 is 72.8 Å². The van der Waals surface area contributed by atoms with Crippen LogP contribution in [0.1, 0.15) is 38.3 Å². The molecule has 60 heavy (non-hydrogen) atoms. The SMILES string of the molecule is CC(C)C[C@H](NC(=O)[C@H](Cc1ccccc1)NC(=O)CNC(=O)[C@H](NC(=O)[C@@H](N)Cc1ccc(O)cc1)[C@H](C)O)C(=O)NC(=O)[C@@H](N)CO[C@@H]1O[C@H](CO)[C@@H](O)[C@H](O)[C@H]1O. The maximum Gasteiger partial charge on any atom is 0.249 e. The number of amides is 6. The number of nitrogens with two attached hydrogens (primary N) is 2. The molecule has 6 amide bonds. The van der Waals surface area contributed by atoms with Gasteiger partial charge in [-0.25, -0.2) is 0 Å². The Bertz CT molecular complexity index is 1730. The minimum Gasteiger partial charge on any atom is -0.508 e. The highest BCUT2D eigenvalue weighted by Crippen LogP contribution is 2.22. The molecule has 3 rings (SSSR count). The van der Waals surface area contributed by atoms with Gasteiger partial charge in [0, 0.05) is 6.42 Å². The Hall–Kier alpha value is -5.10. The largest absolute Gasteiger partial charge is 0.508 e. The molecule has 1 heterocycles. The van der Waals surface area contributed by atoms with Crippen LogP contribution in [0.25, 0.3) is 0 Å². The Morgan fingerprint density at radius 2 is 1.37 bits per heavy atom. The third kappa shape index (κ3) is 15.2. The van der Waals surface area contributed by atoms with Gasteiger partial charge in [0.2, 0.25) is 35.4 Å². The van der Waals surface area contributed by atoms with E-state index in [0.717, 1.165) is 0 Å². The topological polar surface area (TPSA) is 354 Å². The van der Waals surface area contributed by atoms with Crippen LogP contribution in [-0.4, -0.2) is 153 Å². The molecule has 0 aliphatic carbocycles. The van der Waals surface area contributed by atoms with Gasteiger partial charge in [0.05, 0.1) is 31.9 Å². The molecule has 332 valence electrons. The molecule has 21 heteroatoms.